The van der Waals surface area contributed by atoms with E-state index in [-0.39, 0.29) is 24.5 Å². The molecule has 1 fully saturated rings. The van der Waals surface area contributed by atoms with Gasteiger partial charge in [0.2, 0.25) is 5.78 Å². The number of imidazole rings is 1. The van der Waals surface area contributed by atoms with E-state index in [4.69, 9.17) is 14.9 Å². The predicted octanol–water partition coefficient (Wildman–Crippen LogP) is 1.78. The first kappa shape index (κ1) is 26.8. The van der Waals surface area contributed by atoms with Gasteiger partial charge in [-0.05, 0) is 39.7 Å². The van der Waals surface area contributed by atoms with Crippen LogP contribution in [0.1, 0.15) is 61.8 Å². The van der Waals surface area contributed by atoms with Crippen molar-refractivity contribution in [1.82, 2.24) is 19.5 Å². The van der Waals surface area contributed by atoms with E-state index in [0.717, 1.165) is 34.2 Å². The van der Waals surface area contributed by atoms with Crippen molar-refractivity contribution in [2.24, 2.45) is 11.1 Å². The molecule has 4 N–H and O–H groups in total. The molecule has 0 saturated heterocycles. The number of ether oxygens (including phenoxy) is 1. The summed E-state index contributed by atoms with van der Waals surface area (Å²) in [6.45, 7) is 7.08. The van der Waals surface area contributed by atoms with E-state index in [0.29, 0.717) is 35.7 Å². The summed E-state index contributed by atoms with van der Waals surface area (Å²) < 4.78 is 35.2. The number of carbonyl (C=O) groups excluding carboxylic acids is 1. The molecule has 3 aromatic rings. The normalized spacial score (nSPS) is 23.4. The van der Waals surface area contributed by atoms with Gasteiger partial charge in [-0.3, -0.25) is 8.98 Å². The predicted molar refractivity (Wildman–Crippen MR) is 139 cm³/mol. The minimum Gasteiger partial charge on any atom is -0.393 e. The summed E-state index contributed by atoms with van der Waals surface area (Å²) in [5.41, 5.74) is 3.29. The zero-order valence-corrected chi connectivity index (χ0v) is 22.9. The van der Waals surface area contributed by atoms with E-state index in [1.54, 1.807) is 0 Å². The van der Waals surface area contributed by atoms with Crippen LogP contribution in [0, 0.1) is 26.7 Å². The largest absolute Gasteiger partial charge is 0.393 e. The Morgan fingerprint density at radius 3 is 2.89 bits per heavy atom. The molecule has 38 heavy (non-hydrogen) atoms. The minimum atomic E-state index is -4.10. The topological polar surface area (TPSA) is 172 Å². The molecule has 3 aromatic heterocycles. The van der Waals surface area contributed by atoms with Crippen LogP contribution in [-0.4, -0.2) is 64.2 Å². The maximum atomic E-state index is 13.6. The average molecular weight is 563 g/mol. The molecule has 1 aliphatic heterocycles. The average Bonchev–Trinajstić information content (AvgIpc) is 3.52. The van der Waals surface area contributed by atoms with Gasteiger partial charge in [0, 0.05) is 40.8 Å². The molecule has 0 amide bonds. The third kappa shape index (κ3) is 5.37. The van der Waals surface area contributed by atoms with Crippen LogP contribution in [0.2, 0.25) is 0 Å². The number of aromatic nitrogens is 4. The third-order valence-corrected chi connectivity index (χ3v) is 8.71. The molecule has 4 heterocycles. The number of nitrogens with one attached hydrogen (secondary N) is 1. The zero-order chi connectivity index (χ0) is 27.2. The first-order valence-corrected chi connectivity index (χ1v) is 14.5. The minimum absolute atomic E-state index is 0.217. The second kappa shape index (κ2) is 10.4. The van der Waals surface area contributed by atoms with Crippen LogP contribution >= 0.6 is 11.3 Å². The Labute approximate surface area is 224 Å². The van der Waals surface area contributed by atoms with Gasteiger partial charge in [0.25, 0.3) is 0 Å². The Morgan fingerprint density at radius 2 is 2.13 bits per heavy atom. The Morgan fingerprint density at radius 1 is 1.34 bits per heavy atom. The molecule has 0 aromatic carbocycles. The Bertz CT molecular complexity index is 1470. The molecular formula is C24H30N6O6S2. The summed E-state index contributed by atoms with van der Waals surface area (Å²) >= 11 is 1.38. The lowest BCUT2D eigenvalue weighted by atomic mass is 10.1. The number of hydrogen-bond donors (Lipinski definition) is 3. The van der Waals surface area contributed by atoms with E-state index < -0.39 is 22.3 Å². The summed E-state index contributed by atoms with van der Waals surface area (Å²) in [6, 6.07) is 1.61. The highest BCUT2D eigenvalue weighted by Crippen LogP contribution is 2.37. The molecule has 204 valence electrons. The van der Waals surface area contributed by atoms with Crippen molar-refractivity contribution in [3.8, 4) is 0 Å². The third-order valence-electron chi connectivity index (χ3n) is 7.19. The number of aryl methyl sites for hydroxylation is 2. The number of aliphatic hydroxyl groups excluding tert-OH is 1. The molecule has 0 radical (unpaired) electrons. The molecule has 1 saturated carbocycles. The van der Waals surface area contributed by atoms with Gasteiger partial charge in [0.05, 0.1) is 35.5 Å². The lowest BCUT2D eigenvalue weighted by molar-refractivity contribution is 0.0423. The molecule has 5 rings (SSSR count). The molecule has 4 atom stereocenters. The number of hydrogen-bond acceptors (Lipinski definition) is 11. The molecule has 14 heteroatoms. The summed E-state index contributed by atoms with van der Waals surface area (Å²) in [6.07, 6.45) is 2.43. The van der Waals surface area contributed by atoms with Crippen molar-refractivity contribution in [3.05, 3.63) is 56.7 Å². The van der Waals surface area contributed by atoms with E-state index in [1.807, 2.05) is 26.8 Å². The second-order valence-corrected chi connectivity index (χ2v) is 12.2. The Balaban J connectivity index is 1.35. The maximum absolute atomic E-state index is 13.6. The highest BCUT2D eigenvalue weighted by atomic mass is 32.2. The number of nitrogens with two attached hydrogens (primary N) is 1. The van der Waals surface area contributed by atoms with Crippen LogP contribution in [0.25, 0.3) is 0 Å². The first-order chi connectivity index (χ1) is 18.0. The summed E-state index contributed by atoms with van der Waals surface area (Å²) in [5, 5.41) is 18.5. The number of nitrogens with zero attached hydrogens (tertiary/aromatic N) is 4. The van der Waals surface area contributed by atoms with Crippen LogP contribution in [0.3, 0.4) is 0 Å². The number of anilines is 1. The van der Waals surface area contributed by atoms with Crippen molar-refractivity contribution in [1.29, 1.82) is 0 Å². The quantitative estimate of drug-likeness (QED) is 0.344. The Hall–Kier alpha value is -2.75. The van der Waals surface area contributed by atoms with Crippen molar-refractivity contribution in [2.75, 3.05) is 18.5 Å². The number of rotatable bonds is 8. The summed E-state index contributed by atoms with van der Waals surface area (Å²) in [5.74, 6) is 0.534. The van der Waals surface area contributed by atoms with E-state index in [2.05, 4.69) is 24.0 Å². The van der Waals surface area contributed by atoms with Gasteiger partial charge in [0.1, 0.15) is 24.1 Å². The van der Waals surface area contributed by atoms with Crippen molar-refractivity contribution in [2.45, 2.75) is 58.4 Å². The fraction of sp³-hybridized carbons (Fsp3) is 0.500. The smallest absolute Gasteiger partial charge is 0.333 e. The number of fused-ring (bicyclic) bond motifs is 1. The molecule has 2 aliphatic rings. The van der Waals surface area contributed by atoms with Gasteiger partial charge in [-0.25, -0.2) is 20.1 Å². The van der Waals surface area contributed by atoms with E-state index in [1.165, 1.54) is 23.9 Å². The van der Waals surface area contributed by atoms with Gasteiger partial charge in [0.15, 0.2) is 0 Å². The van der Waals surface area contributed by atoms with Crippen molar-refractivity contribution >= 4 is 33.2 Å². The van der Waals surface area contributed by atoms with Crippen LogP contribution in [0.4, 0.5) is 5.82 Å². The van der Waals surface area contributed by atoms with Crippen LogP contribution in [0.5, 0.6) is 0 Å². The van der Waals surface area contributed by atoms with Crippen LogP contribution in [0.15, 0.2) is 18.6 Å². The Kier molecular flexibility index (Phi) is 7.37. The monoisotopic (exact) mass is 562 g/mol. The highest BCUT2D eigenvalue weighted by Gasteiger charge is 2.35. The van der Waals surface area contributed by atoms with Gasteiger partial charge in [-0.2, -0.15) is 8.42 Å². The number of ketones is 1. The van der Waals surface area contributed by atoms with Gasteiger partial charge in [-0.1, -0.05) is 0 Å². The van der Waals surface area contributed by atoms with Crippen LogP contribution in [-0.2, 0) is 25.8 Å². The van der Waals surface area contributed by atoms with Gasteiger partial charge >= 0.3 is 10.3 Å². The first-order valence-electron chi connectivity index (χ1n) is 12.2. The molecule has 0 spiro atoms. The van der Waals surface area contributed by atoms with E-state index in [9.17, 15) is 18.3 Å². The second-order valence-electron chi connectivity index (χ2n) is 9.70. The van der Waals surface area contributed by atoms with E-state index >= 15 is 0 Å². The fourth-order valence-electron chi connectivity index (χ4n) is 5.12. The highest BCUT2D eigenvalue weighted by molar-refractivity contribution is 7.84. The van der Waals surface area contributed by atoms with Crippen LogP contribution < -0.4 is 10.5 Å². The standard InChI is InChI=1S/C24H30N6O6S2/c1-12-13(2)30-4-5-35-22(24(30)28-12)17-8-20(37-14(17)3)21(32)18-9-26-11-27-23(18)29-16-6-15(19(31)7-16)10-36-38(25,33)34/h8-9,11,15-16,19,22,31H,4-7,10H2,1-3H3,(H2,25,33,34)(H,26,27,29)/t15-,16-,19+,22?/m1/s1. The number of carbonyl (C=O) groups is 1. The fourth-order valence-corrected chi connectivity index (χ4v) is 6.48. The zero-order valence-electron chi connectivity index (χ0n) is 21.2. The molecule has 12 nitrogen and oxygen atoms in total. The molecule has 0 bridgehead atoms. The number of thiophene rings is 1. The lowest BCUT2D eigenvalue weighted by Crippen LogP contribution is -2.24. The lowest BCUT2D eigenvalue weighted by Gasteiger charge is -2.25. The maximum Gasteiger partial charge on any atom is 0.333 e. The number of aliphatic hydroxyl groups is 1. The van der Waals surface area contributed by atoms with Crippen molar-refractivity contribution < 1.29 is 27.2 Å². The molecule has 1 unspecified atom stereocenters. The molecular weight excluding hydrogens is 532 g/mol. The van der Waals surface area contributed by atoms with Gasteiger partial charge in [-0.15, -0.1) is 11.3 Å². The SMILES string of the molecule is Cc1nc2n(c1C)CCOC2c1cc(C(=O)c2cncnc2N[C@@H]2C[C@H](COS(N)(=O)=O)[C@@H](O)C2)sc1C. The van der Waals surface area contributed by atoms with Crippen molar-refractivity contribution in [3.63, 3.8) is 0 Å². The van der Waals surface area contributed by atoms with Gasteiger partial charge < -0.3 is 19.7 Å². The molecule has 1 aliphatic carbocycles. The summed E-state index contributed by atoms with van der Waals surface area (Å²) in [4.78, 5) is 28.2. The summed E-state index contributed by atoms with van der Waals surface area (Å²) in [7, 11) is -4.10.